The molecule has 0 bridgehead atoms. The van der Waals surface area contributed by atoms with Crippen LogP contribution in [0, 0.1) is 20.2 Å². The van der Waals surface area contributed by atoms with Crippen LogP contribution in [0.25, 0.3) is 16.9 Å². The van der Waals surface area contributed by atoms with Crippen molar-refractivity contribution >= 4 is 39.9 Å². The van der Waals surface area contributed by atoms with Crippen LogP contribution in [0.5, 0.6) is 5.75 Å². The molecule has 0 atom stereocenters. The zero-order chi connectivity index (χ0) is 28.9. The molecule has 1 aromatic heterocycles. The topological polar surface area (TPSA) is 176 Å². The highest BCUT2D eigenvalue weighted by Crippen LogP contribution is 2.41. The number of methoxy groups -OCH3 is 1. The minimum atomic E-state index is -0.733. The largest absolute Gasteiger partial charge is 0.494 e. The first-order valence-corrected chi connectivity index (χ1v) is 12.1. The van der Waals surface area contributed by atoms with Gasteiger partial charge >= 0.3 is 5.69 Å². The molecule has 41 heavy (non-hydrogen) atoms. The van der Waals surface area contributed by atoms with Crippen molar-refractivity contribution in [3.63, 3.8) is 0 Å². The molecule has 5 rings (SSSR count). The third-order valence-corrected chi connectivity index (χ3v) is 6.04. The van der Waals surface area contributed by atoms with Crippen molar-refractivity contribution in [1.82, 2.24) is 9.78 Å². The Morgan fingerprint density at radius 1 is 0.854 bits per heavy atom. The average molecular weight is 551 g/mol. The second-order valence-corrected chi connectivity index (χ2v) is 8.63. The highest BCUT2D eigenvalue weighted by atomic mass is 16.6. The Labute approximate surface area is 232 Å². The molecule has 0 fully saturated rings. The molecule has 0 saturated carbocycles. The van der Waals surface area contributed by atoms with Crippen molar-refractivity contribution in [2.45, 2.75) is 0 Å². The van der Waals surface area contributed by atoms with E-state index in [1.54, 1.807) is 36.4 Å². The lowest BCUT2D eigenvalue weighted by Gasteiger charge is -2.09. The van der Waals surface area contributed by atoms with E-state index in [0.717, 1.165) is 28.2 Å². The van der Waals surface area contributed by atoms with Crippen molar-refractivity contribution in [2.75, 3.05) is 18.2 Å². The SMILES string of the molecule is COc1cc(Nc2ccccc2)ccc1N=Nc1c(-c2ccccc2)nn(-c2ccc([N+](=O)[O-])cc2[N+](=O)[O-])c1N. The van der Waals surface area contributed by atoms with Crippen LogP contribution >= 0.6 is 0 Å². The number of hydrogen-bond donors (Lipinski definition) is 2. The predicted octanol–water partition coefficient (Wildman–Crippen LogP) is 7.11. The molecule has 0 saturated heterocycles. The molecule has 4 aromatic carbocycles. The molecule has 5 aromatic rings. The maximum atomic E-state index is 11.8. The Bertz CT molecular complexity index is 1770. The summed E-state index contributed by atoms with van der Waals surface area (Å²) in [6.45, 7) is 0. The van der Waals surface area contributed by atoms with E-state index >= 15 is 0 Å². The van der Waals surface area contributed by atoms with Crippen molar-refractivity contribution in [1.29, 1.82) is 0 Å². The van der Waals surface area contributed by atoms with E-state index in [-0.39, 0.29) is 17.2 Å². The van der Waals surface area contributed by atoms with Crippen LogP contribution in [-0.2, 0) is 0 Å². The smallest absolute Gasteiger partial charge is 0.301 e. The number of nitrogens with two attached hydrogens (primary N) is 1. The number of benzene rings is 4. The van der Waals surface area contributed by atoms with Gasteiger partial charge in [0.05, 0.1) is 23.0 Å². The maximum absolute atomic E-state index is 11.8. The van der Waals surface area contributed by atoms with E-state index in [9.17, 15) is 20.2 Å². The first-order valence-electron chi connectivity index (χ1n) is 12.1. The Morgan fingerprint density at radius 3 is 2.22 bits per heavy atom. The van der Waals surface area contributed by atoms with Crippen molar-refractivity contribution in [3.8, 4) is 22.7 Å². The maximum Gasteiger partial charge on any atom is 0.301 e. The molecule has 0 aliphatic carbocycles. The van der Waals surface area contributed by atoms with Crippen molar-refractivity contribution in [2.24, 2.45) is 10.2 Å². The highest BCUT2D eigenvalue weighted by Gasteiger charge is 2.26. The Hall–Kier alpha value is -6.11. The first kappa shape index (κ1) is 26.5. The molecule has 0 amide bonds. The molecule has 13 nitrogen and oxygen atoms in total. The number of nitrogen functional groups attached to an aromatic ring is 1. The summed E-state index contributed by atoms with van der Waals surface area (Å²) in [5, 5.41) is 39.5. The van der Waals surface area contributed by atoms with Gasteiger partial charge in [-0.15, -0.1) is 10.2 Å². The van der Waals surface area contributed by atoms with Gasteiger partial charge in [-0.05, 0) is 30.3 Å². The number of aromatic nitrogens is 2. The van der Waals surface area contributed by atoms with Gasteiger partial charge in [-0.3, -0.25) is 20.2 Å². The molecule has 0 aliphatic heterocycles. The fourth-order valence-corrected chi connectivity index (χ4v) is 4.08. The van der Waals surface area contributed by atoms with Gasteiger partial charge in [-0.1, -0.05) is 48.5 Å². The van der Waals surface area contributed by atoms with Gasteiger partial charge in [-0.25, -0.2) is 4.68 Å². The van der Waals surface area contributed by atoms with Crippen LogP contribution in [0.3, 0.4) is 0 Å². The molecule has 0 unspecified atom stereocenters. The predicted molar refractivity (Wildman–Crippen MR) is 154 cm³/mol. The normalized spacial score (nSPS) is 11.0. The molecular weight excluding hydrogens is 528 g/mol. The number of ether oxygens (including phenoxy) is 1. The summed E-state index contributed by atoms with van der Waals surface area (Å²) in [6.07, 6.45) is 0. The van der Waals surface area contributed by atoms with Crippen LogP contribution < -0.4 is 15.8 Å². The second kappa shape index (κ2) is 11.3. The van der Waals surface area contributed by atoms with Gasteiger partial charge in [-0.2, -0.15) is 5.10 Å². The summed E-state index contributed by atoms with van der Waals surface area (Å²) in [7, 11) is 1.51. The van der Waals surface area contributed by atoms with Crippen molar-refractivity contribution < 1.29 is 14.6 Å². The van der Waals surface area contributed by atoms with E-state index in [0.29, 0.717) is 22.7 Å². The van der Waals surface area contributed by atoms with Gasteiger partial charge in [0, 0.05) is 29.1 Å². The summed E-state index contributed by atoms with van der Waals surface area (Å²) < 4.78 is 6.66. The van der Waals surface area contributed by atoms with E-state index in [2.05, 4.69) is 20.6 Å². The van der Waals surface area contributed by atoms with Crippen LogP contribution in [-0.4, -0.2) is 26.7 Å². The van der Waals surface area contributed by atoms with Crippen LogP contribution in [0.4, 0.5) is 39.9 Å². The van der Waals surface area contributed by atoms with Crippen LogP contribution in [0.2, 0.25) is 0 Å². The van der Waals surface area contributed by atoms with Crippen molar-refractivity contribution in [3.05, 3.63) is 117 Å². The minimum absolute atomic E-state index is 0.0501. The summed E-state index contributed by atoms with van der Waals surface area (Å²) in [5.74, 6) is 0.388. The number of azo groups is 1. The third kappa shape index (κ3) is 5.54. The number of anilines is 3. The molecule has 0 aliphatic rings. The number of rotatable bonds is 9. The molecule has 0 spiro atoms. The van der Waals surface area contributed by atoms with Crippen LogP contribution in [0.1, 0.15) is 0 Å². The molecule has 204 valence electrons. The summed E-state index contributed by atoms with van der Waals surface area (Å²) in [6, 6.07) is 27.1. The number of nitrogens with zero attached hydrogens (tertiary/aromatic N) is 6. The zero-order valence-electron chi connectivity index (χ0n) is 21.5. The fraction of sp³-hybridized carbons (Fsp3) is 0.0357. The van der Waals surface area contributed by atoms with E-state index in [4.69, 9.17) is 10.5 Å². The number of nitro benzene ring substituents is 2. The second-order valence-electron chi connectivity index (χ2n) is 8.63. The fourth-order valence-electron chi connectivity index (χ4n) is 4.08. The highest BCUT2D eigenvalue weighted by molar-refractivity contribution is 5.81. The molecule has 1 heterocycles. The number of nitro groups is 2. The minimum Gasteiger partial charge on any atom is -0.494 e. The Morgan fingerprint density at radius 2 is 1.56 bits per heavy atom. The van der Waals surface area contributed by atoms with E-state index in [1.165, 1.54) is 13.2 Å². The summed E-state index contributed by atoms with van der Waals surface area (Å²) >= 11 is 0. The summed E-state index contributed by atoms with van der Waals surface area (Å²) in [5.41, 5.74) is 8.55. The number of para-hydroxylation sites is 1. The lowest BCUT2D eigenvalue weighted by atomic mass is 10.1. The lowest BCUT2D eigenvalue weighted by Crippen LogP contribution is -2.06. The number of hydrogen-bond acceptors (Lipinski definition) is 10. The monoisotopic (exact) mass is 550 g/mol. The van der Waals surface area contributed by atoms with Gasteiger partial charge in [0.1, 0.15) is 22.8 Å². The molecular formula is C28H22N8O5. The van der Waals surface area contributed by atoms with Crippen LogP contribution in [0.15, 0.2) is 107 Å². The quantitative estimate of drug-likeness (QED) is 0.111. The van der Waals surface area contributed by atoms with E-state index < -0.39 is 21.2 Å². The summed E-state index contributed by atoms with van der Waals surface area (Å²) in [4.78, 5) is 21.6. The van der Waals surface area contributed by atoms with Gasteiger partial charge in [0.15, 0.2) is 11.5 Å². The number of nitrogens with one attached hydrogen (secondary N) is 1. The Kier molecular flexibility index (Phi) is 7.32. The van der Waals surface area contributed by atoms with Gasteiger partial charge < -0.3 is 15.8 Å². The molecule has 13 heteroatoms. The number of non-ortho nitro benzene ring substituents is 1. The van der Waals surface area contributed by atoms with E-state index in [1.807, 2.05) is 42.5 Å². The Balaban J connectivity index is 1.58. The first-order chi connectivity index (χ1) is 19.9. The lowest BCUT2D eigenvalue weighted by molar-refractivity contribution is -0.394. The third-order valence-electron chi connectivity index (χ3n) is 6.04. The average Bonchev–Trinajstić information content (AvgIpc) is 3.32. The zero-order valence-corrected chi connectivity index (χ0v) is 21.5. The van der Waals surface area contributed by atoms with Gasteiger partial charge in [0.2, 0.25) is 0 Å². The standard InChI is InChI=1S/C28H22N8O5/c1-41-25-16-20(30-19-10-6-3-7-11-19)12-14-22(25)31-32-27-26(18-8-4-2-5-9-18)33-34(28(27)29)23-15-13-21(35(37)38)17-24(23)36(39)40/h2-17,30H,29H2,1H3. The van der Waals surface area contributed by atoms with Gasteiger partial charge in [0.25, 0.3) is 5.69 Å². The molecule has 0 radical (unpaired) electrons. The molecule has 3 N–H and O–H groups in total.